The van der Waals surface area contributed by atoms with Crippen molar-refractivity contribution in [1.29, 1.82) is 5.26 Å². The van der Waals surface area contributed by atoms with Crippen LogP contribution in [0.4, 0.5) is 37.8 Å². The van der Waals surface area contributed by atoms with Crippen LogP contribution < -0.4 is 5.32 Å². The lowest BCUT2D eigenvalue weighted by molar-refractivity contribution is -0.141. The number of nitrogens with one attached hydrogen (secondary N) is 1. The molecule has 2 rings (SSSR count). The van der Waals surface area contributed by atoms with Crippen molar-refractivity contribution in [3.8, 4) is 6.07 Å². The van der Waals surface area contributed by atoms with Gasteiger partial charge >= 0.3 is 12.4 Å². The van der Waals surface area contributed by atoms with Gasteiger partial charge in [-0.15, -0.1) is 0 Å². The predicted octanol–water partition coefficient (Wildman–Crippen LogP) is 4.73. The molecule has 1 N–H and O–H groups in total. The molecular formula is C14H7F6N3. The maximum Gasteiger partial charge on any atom is 0.433 e. The Hall–Kier alpha value is -2.76. The SMILES string of the molecule is N#Cc1ccc(C(F)(F)F)nc1Nc1ccc(C(F)(F)F)cc1. The zero-order valence-corrected chi connectivity index (χ0v) is 11.1. The second-order valence-electron chi connectivity index (χ2n) is 4.40. The first kappa shape index (κ1) is 16.6. The lowest BCUT2D eigenvalue weighted by atomic mass is 10.2. The molecule has 0 atom stereocenters. The highest BCUT2D eigenvalue weighted by Gasteiger charge is 2.33. The lowest BCUT2D eigenvalue weighted by Gasteiger charge is -2.12. The second kappa shape index (κ2) is 5.79. The third-order valence-electron chi connectivity index (χ3n) is 2.78. The van der Waals surface area contributed by atoms with Crippen molar-refractivity contribution < 1.29 is 26.3 Å². The number of hydrogen-bond donors (Lipinski definition) is 1. The molecule has 0 saturated carbocycles. The molecular weight excluding hydrogens is 324 g/mol. The summed E-state index contributed by atoms with van der Waals surface area (Å²) in [6.45, 7) is 0. The molecule has 0 aliphatic carbocycles. The van der Waals surface area contributed by atoms with E-state index in [0.29, 0.717) is 6.07 Å². The Morgan fingerprint density at radius 2 is 1.48 bits per heavy atom. The van der Waals surface area contributed by atoms with Gasteiger partial charge in [0.25, 0.3) is 0 Å². The largest absolute Gasteiger partial charge is 0.433 e. The van der Waals surface area contributed by atoms with Gasteiger partial charge in [-0.3, -0.25) is 0 Å². The highest BCUT2D eigenvalue weighted by atomic mass is 19.4. The molecule has 0 aliphatic rings. The van der Waals surface area contributed by atoms with Crippen LogP contribution in [0.3, 0.4) is 0 Å². The van der Waals surface area contributed by atoms with Crippen LogP contribution in [-0.2, 0) is 12.4 Å². The molecule has 0 amide bonds. The smallest absolute Gasteiger partial charge is 0.339 e. The topological polar surface area (TPSA) is 48.7 Å². The molecule has 120 valence electrons. The molecule has 1 aromatic heterocycles. The fraction of sp³-hybridized carbons (Fsp3) is 0.143. The Morgan fingerprint density at radius 3 is 1.96 bits per heavy atom. The van der Waals surface area contributed by atoms with Crippen LogP contribution in [-0.4, -0.2) is 4.98 Å². The van der Waals surface area contributed by atoms with Gasteiger partial charge in [0.1, 0.15) is 17.6 Å². The first-order valence-corrected chi connectivity index (χ1v) is 6.04. The monoisotopic (exact) mass is 331 g/mol. The van der Waals surface area contributed by atoms with Crippen molar-refractivity contribution in [2.45, 2.75) is 12.4 Å². The molecule has 0 bridgehead atoms. The van der Waals surface area contributed by atoms with E-state index in [-0.39, 0.29) is 17.1 Å². The number of nitriles is 1. The molecule has 0 saturated heterocycles. The van der Waals surface area contributed by atoms with Gasteiger partial charge in [0.2, 0.25) is 0 Å². The van der Waals surface area contributed by atoms with E-state index in [1.807, 2.05) is 0 Å². The van der Waals surface area contributed by atoms with Crippen molar-refractivity contribution >= 4 is 11.5 Å². The summed E-state index contributed by atoms with van der Waals surface area (Å²) in [6, 6.07) is 6.84. The predicted molar refractivity (Wildman–Crippen MR) is 68.7 cm³/mol. The van der Waals surface area contributed by atoms with Gasteiger partial charge < -0.3 is 5.32 Å². The average molecular weight is 331 g/mol. The zero-order valence-electron chi connectivity index (χ0n) is 11.1. The summed E-state index contributed by atoms with van der Waals surface area (Å²) in [7, 11) is 0. The fourth-order valence-electron chi connectivity index (χ4n) is 1.68. The Bertz CT molecular complexity index is 741. The van der Waals surface area contributed by atoms with Crippen molar-refractivity contribution in [2.24, 2.45) is 0 Å². The number of rotatable bonds is 2. The number of aromatic nitrogens is 1. The van der Waals surface area contributed by atoms with Gasteiger partial charge in [-0.05, 0) is 36.4 Å². The van der Waals surface area contributed by atoms with E-state index in [4.69, 9.17) is 5.26 Å². The molecule has 1 aromatic carbocycles. The van der Waals surface area contributed by atoms with Gasteiger partial charge in [-0.2, -0.15) is 31.6 Å². The Kier molecular flexibility index (Phi) is 4.18. The number of nitrogens with zero attached hydrogens (tertiary/aromatic N) is 2. The molecule has 1 heterocycles. The summed E-state index contributed by atoms with van der Waals surface area (Å²) < 4.78 is 75.2. The molecule has 23 heavy (non-hydrogen) atoms. The minimum Gasteiger partial charge on any atom is -0.339 e. The van der Waals surface area contributed by atoms with Gasteiger partial charge in [0.15, 0.2) is 0 Å². The van der Waals surface area contributed by atoms with Crippen LogP contribution >= 0.6 is 0 Å². The highest BCUT2D eigenvalue weighted by molar-refractivity contribution is 5.63. The van der Waals surface area contributed by atoms with E-state index >= 15 is 0 Å². The van der Waals surface area contributed by atoms with Gasteiger partial charge in [0.05, 0.1) is 11.1 Å². The van der Waals surface area contributed by atoms with E-state index in [1.54, 1.807) is 6.07 Å². The number of halogens is 6. The van der Waals surface area contributed by atoms with Crippen molar-refractivity contribution in [3.05, 3.63) is 53.2 Å². The number of benzene rings is 1. The summed E-state index contributed by atoms with van der Waals surface area (Å²) in [5.74, 6) is -0.387. The van der Waals surface area contributed by atoms with Crippen LogP contribution in [0.5, 0.6) is 0 Å². The third kappa shape index (κ3) is 3.91. The van der Waals surface area contributed by atoms with Crippen LogP contribution in [0.25, 0.3) is 0 Å². The van der Waals surface area contributed by atoms with E-state index in [2.05, 4.69) is 10.3 Å². The van der Waals surface area contributed by atoms with Gasteiger partial charge in [-0.1, -0.05) is 0 Å². The zero-order chi connectivity index (χ0) is 17.3. The molecule has 3 nitrogen and oxygen atoms in total. The quantitative estimate of drug-likeness (QED) is 0.809. The summed E-state index contributed by atoms with van der Waals surface area (Å²) in [4.78, 5) is 3.30. The fourth-order valence-corrected chi connectivity index (χ4v) is 1.68. The molecule has 0 spiro atoms. The van der Waals surface area contributed by atoms with Crippen LogP contribution in [0, 0.1) is 11.3 Å². The standard InChI is InChI=1S/C14H7F6N3/c15-13(16,17)9-2-4-10(5-3-9)22-12-8(7-21)1-6-11(23-12)14(18,19)20/h1-6H,(H,22,23). The van der Waals surface area contributed by atoms with E-state index in [1.165, 1.54) is 0 Å². The molecule has 0 fully saturated rings. The normalized spacial score (nSPS) is 11.9. The minimum atomic E-state index is -4.70. The average Bonchev–Trinajstić information content (AvgIpc) is 2.46. The van der Waals surface area contributed by atoms with Crippen molar-refractivity contribution in [2.75, 3.05) is 5.32 Å². The maximum absolute atomic E-state index is 12.6. The lowest BCUT2D eigenvalue weighted by Crippen LogP contribution is -2.10. The number of pyridine rings is 1. The summed E-state index contributed by atoms with van der Waals surface area (Å²) >= 11 is 0. The summed E-state index contributed by atoms with van der Waals surface area (Å²) in [5, 5.41) is 11.3. The second-order valence-corrected chi connectivity index (χ2v) is 4.40. The number of alkyl halides is 6. The van der Waals surface area contributed by atoms with Crippen molar-refractivity contribution in [1.82, 2.24) is 4.98 Å². The minimum absolute atomic E-state index is 0.0707. The molecule has 0 unspecified atom stereocenters. The van der Waals surface area contributed by atoms with E-state index in [9.17, 15) is 26.3 Å². The Labute approximate surface area is 126 Å². The molecule has 0 radical (unpaired) electrons. The maximum atomic E-state index is 12.6. The molecule has 9 heteroatoms. The van der Waals surface area contributed by atoms with Gasteiger partial charge in [-0.25, -0.2) is 4.98 Å². The van der Waals surface area contributed by atoms with E-state index in [0.717, 1.165) is 30.3 Å². The van der Waals surface area contributed by atoms with Crippen LogP contribution in [0.1, 0.15) is 16.8 Å². The number of hydrogen-bond acceptors (Lipinski definition) is 3. The Morgan fingerprint density at radius 1 is 0.870 bits per heavy atom. The van der Waals surface area contributed by atoms with Crippen molar-refractivity contribution in [3.63, 3.8) is 0 Å². The van der Waals surface area contributed by atoms with Crippen LogP contribution in [0.15, 0.2) is 36.4 Å². The van der Waals surface area contributed by atoms with Gasteiger partial charge in [0, 0.05) is 5.69 Å². The Balaban J connectivity index is 2.34. The highest BCUT2D eigenvalue weighted by Crippen LogP contribution is 2.32. The van der Waals surface area contributed by atoms with Crippen LogP contribution in [0.2, 0.25) is 0 Å². The molecule has 0 aliphatic heterocycles. The first-order chi connectivity index (χ1) is 10.6. The molecule has 2 aromatic rings. The number of anilines is 2. The summed E-state index contributed by atoms with van der Waals surface area (Å²) in [6.07, 6.45) is -9.23. The summed E-state index contributed by atoms with van der Waals surface area (Å²) in [5.41, 5.74) is -2.22. The first-order valence-electron chi connectivity index (χ1n) is 6.04. The third-order valence-corrected chi connectivity index (χ3v) is 2.78. The van der Waals surface area contributed by atoms with E-state index < -0.39 is 23.6 Å².